The number of amides is 1. The molecular weight excluding hydrogens is 514 g/mol. The average Bonchev–Trinajstić information content (AvgIpc) is 3.50. The number of carbonyl (C=O) groups excluding carboxylic acids is 1. The predicted octanol–water partition coefficient (Wildman–Crippen LogP) is 6.67. The molecule has 4 unspecified atom stereocenters. The molecule has 1 amide bonds. The van der Waals surface area contributed by atoms with Gasteiger partial charge in [-0.2, -0.15) is 0 Å². The van der Waals surface area contributed by atoms with E-state index in [2.05, 4.69) is 48.5 Å². The second kappa shape index (κ2) is 9.83. The third-order valence-electron chi connectivity index (χ3n) is 15.2. The summed E-state index contributed by atoms with van der Waals surface area (Å²) in [6.45, 7) is 17.8. The quantitative estimate of drug-likeness (QED) is 0.356. The van der Waals surface area contributed by atoms with Crippen molar-refractivity contribution in [2.75, 3.05) is 20.2 Å². The van der Waals surface area contributed by atoms with Gasteiger partial charge in [0.25, 0.3) is 0 Å². The molecule has 1 saturated heterocycles. The lowest BCUT2D eigenvalue weighted by molar-refractivity contribution is -0.182. The summed E-state index contributed by atoms with van der Waals surface area (Å²) in [7, 11) is 1.76. The minimum Gasteiger partial charge on any atom is -0.443 e. The van der Waals surface area contributed by atoms with E-state index in [1.807, 2.05) is 0 Å². The number of likely N-dealkylation sites (tertiary alicyclic amines) is 1. The highest BCUT2D eigenvalue weighted by molar-refractivity contribution is 5.68. The van der Waals surface area contributed by atoms with E-state index in [9.17, 15) is 15.0 Å². The second-order valence-corrected chi connectivity index (χ2v) is 17.0. The van der Waals surface area contributed by atoms with Crippen LogP contribution in [-0.2, 0) is 9.47 Å². The van der Waals surface area contributed by atoms with E-state index < -0.39 is 0 Å². The van der Waals surface area contributed by atoms with Gasteiger partial charge in [-0.1, -0.05) is 48.5 Å². The van der Waals surface area contributed by atoms with E-state index >= 15 is 0 Å². The van der Waals surface area contributed by atoms with Crippen LogP contribution in [0.2, 0.25) is 0 Å². The van der Waals surface area contributed by atoms with Gasteiger partial charge in [-0.05, 0) is 115 Å². The van der Waals surface area contributed by atoms with Crippen molar-refractivity contribution in [1.82, 2.24) is 4.90 Å². The third-order valence-corrected chi connectivity index (χ3v) is 15.2. The van der Waals surface area contributed by atoms with Crippen LogP contribution in [0.1, 0.15) is 113 Å². The standard InChI is InChI=1S/C35H59NO5/c1-21(2)29(41-30(39)36-16-9-17-36)24(40-8)18-22(3)23-19-28(38)33(7)26-11-10-25-31(4,5)27(37)12-13-34(25)20-35(26,34)15-14-32(23,33)6/h21-29,37-38H,9-20H2,1-8H3/t22-,23-,24?,25?,26?,27+,28+,29-,32-,33-,34-,35?/m1/s1. The Morgan fingerprint density at radius 2 is 1.59 bits per heavy atom. The summed E-state index contributed by atoms with van der Waals surface area (Å²) in [5.41, 5.74) is 0.688. The number of aliphatic hydroxyl groups excluding tert-OH is 2. The number of ether oxygens (including phenoxy) is 2. The molecule has 0 radical (unpaired) electrons. The van der Waals surface area contributed by atoms with Crippen LogP contribution in [0.5, 0.6) is 0 Å². The highest BCUT2D eigenvalue weighted by atomic mass is 16.6. The van der Waals surface area contributed by atoms with Crippen molar-refractivity contribution in [2.45, 2.75) is 137 Å². The molecule has 6 rings (SSSR count). The van der Waals surface area contributed by atoms with Gasteiger partial charge in [-0.3, -0.25) is 0 Å². The van der Waals surface area contributed by atoms with Gasteiger partial charge in [0, 0.05) is 25.6 Å². The fraction of sp³-hybridized carbons (Fsp3) is 0.971. The van der Waals surface area contributed by atoms with Crippen LogP contribution in [-0.4, -0.2) is 65.8 Å². The Hall–Kier alpha value is -0.850. The zero-order chi connectivity index (χ0) is 29.8. The first-order valence-electron chi connectivity index (χ1n) is 17.0. The summed E-state index contributed by atoms with van der Waals surface area (Å²) < 4.78 is 12.1. The van der Waals surface area contributed by atoms with Gasteiger partial charge in [0.15, 0.2) is 0 Å². The molecule has 6 fully saturated rings. The van der Waals surface area contributed by atoms with Crippen molar-refractivity contribution in [3.05, 3.63) is 0 Å². The first kappa shape index (κ1) is 30.2. The summed E-state index contributed by atoms with van der Waals surface area (Å²) in [5, 5.41) is 23.0. The Balaban J connectivity index is 1.22. The van der Waals surface area contributed by atoms with Gasteiger partial charge < -0.3 is 24.6 Å². The lowest BCUT2D eigenvalue weighted by Gasteiger charge is -2.63. The molecule has 6 nitrogen and oxygen atoms in total. The minimum absolute atomic E-state index is 0.0130. The molecule has 2 N–H and O–H groups in total. The fourth-order valence-electron chi connectivity index (χ4n) is 12.5. The number of fused-ring (bicyclic) bond motifs is 2. The van der Waals surface area contributed by atoms with E-state index in [4.69, 9.17) is 9.47 Å². The maximum Gasteiger partial charge on any atom is 0.410 e. The Kier molecular flexibility index (Phi) is 7.23. The van der Waals surface area contributed by atoms with E-state index in [1.54, 1.807) is 12.0 Å². The van der Waals surface area contributed by atoms with Crippen LogP contribution in [0.25, 0.3) is 0 Å². The van der Waals surface area contributed by atoms with Crippen LogP contribution in [0.4, 0.5) is 4.79 Å². The number of hydrogen-bond acceptors (Lipinski definition) is 5. The summed E-state index contributed by atoms with van der Waals surface area (Å²) in [4.78, 5) is 14.5. The van der Waals surface area contributed by atoms with Crippen molar-refractivity contribution >= 4 is 6.09 Å². The average molecular weight is 574 g/mol. The molecule has 12 atom stereocenters. The van der Waals surface area contributed by atoms with Crippen LogP contribution in [0.15, 0.2) is 0 Å². The molecule has 0 aromatic rings. The highest BCUT2D eigenvalue weighted by Gasteiger charge is 2.83. The maximum atomic E-state index is 12.8. The van der Waals surface area contributed by atoms with E-state index in [0.29, 0.717) is 34.5 Å². The summed E-state index contributed by atoms with van der Waals surface area (Å²) in [6, 6.07) is 0. The molecule has 234 valence electrons. The van der Waals surface area contributed by atoms with E-state index in [-0.39, 0.29) is 52.7 Å². The molecule has 2 spiro atoms. The van der Waals surface area contributed by atoms with Crippen LogP contribution in [0, 0.1) is 56.7 Å². The first-order chi connectivity index (χ1) is 19.2. The number of rotatable bonds is 7. The Labute approximate surface area is 249 Å². The molecule has 0 aromatic carbocycles. The maximum absolute atomic E-state index is 12.8. The number of carbonyl (C=O) groups is 1. The van der Waals surface area contributed by atoms with Crippen LogP contribution in [0.3, 0.4) is 0 Å². The largest absolute Gasteiger partial charge is 0.443 e. The minimum atomic E-state index is -0.287. The van der Waals surface area contributed by atoms with Gasteiger partial charge in [-0.25, -0.2) is 4.79 Å². The van der Waals surface area contributed by atoms with Gasteiger partial charge in [0.2, 0.25) is 0 Å². The molecule has 1 aliphatic heterocycles. The topological polar surface area (TPSA) is 79.2 Å². The van der Waals surface area contributed by atoms with Gasteiger partial charge in [0.05, 0.1) is 18.3 Å². The van der Waals surface area contributed by atoms with Crippen molar-refractivity contribution < 1.29 is 24.5 Å². The van der Waals surface area contributed by atoms with Crippen molar-refractivity contribution in [2.24, 2.45) is 56.7 Å². The Bertz CT molecular complexity index is 1030. The Morgan fingerprint density at radius 1 is 0.927 bits per heavy atom. The first-order valence-corrected chi connectivity index (χ1v) is 17.0. The summed E-state index contributed by atoms with van der Waals surface area (Å²) >= 11 is 0. The molecule has 5 saturated carbocycles. The molecule has 5 aliphatic carbocycles. The smallest absolute Gasteiger partial charge is 0.410 e. The molecule has 6 heteroatoms. The zero-order valence-corrected chi connectivity index (χ0v) is 27.2. The molecule has 41 heavy (non-hydrogen) atoms. The highest BCUT2D eigenvalue weighted by Crippen LogP contribution is 2.89. The molecule has 0 bridgehead atoms. The lowest BCUT2D eigenvalue weighted by Crippen LogP contribution is -2.59. The Morgan fingerprint density at radius 3 is 2.20 bits per heavy atom. The molecule has 6 aliphatic rings. The number of methoxy groups -OCH3 is 1. The normalized spacial score (nSPS) is 48.2. The molecule has 0 aromatic heterocycles. The summed E-state index contributed by atoms with van der Waals surface area (Å²) in [6.07, 6.45) is 9.90. The third kappa shape index (κ3) is 3.94. The monoisotopic (exact) mass is 573 g/mol. The zero-order valence-electron chi connectivity index (χ0n) is 27.2. The number of aliphatic hydroxyl groups is 2. The van der Waals surface area contributed by atoms with Crippen LogP contribution >= 0.6 is 0 Å². The SMILES string of the molecule is COC(C[C@@H](C)[C@H]1C[C@H](O)[C@@]2(C)C3CCC4C(C)(C)[C@@H](O)CC[C@@]45CC35CC[C@]12C)[C@H](OC(=O)N1CCC1)C(C)C. The summed E-state index contributed by atoms with van der Waals surface area (Å²) in [5.74, 6) is 2.09. The van der Waals surface area contributed by atoms with Crippen molar-refractivity contribution in [3.8, 4) is 0 Å². The van der Waals surface area contributed by atoms with Gasteiger partial charge in [-0.15, -0.1) is 0 Å². The predicted molar refractivity (Wildman–Crippen MR) is 160 cm³/mol. The fourth-order valence-corrected chi connectivity index (χ4v) is 12.5. The van der Waals surface area contributed by atoms with Crippen molar-refractivity contribution in [1.29, 1.82) is 0 Å². The molecule has 1 heterocycles. The number of hydrogen-bond donors (Lipinski definition) is 2. The second-order valence-electron chi connectivity index (χ2n) is 17.0. The van der Waals surface area contributed by atoms with E-state index in [1.165, 1.54) is 38.5 Å². The van der Waals surface area contributed by atoms with Gasteiger partial charge >= 0.3 is 6.09 Å². The lowest BCUT2D eigenvalue weighted by atomic mass is 9.41. The van der Waals surface area contributed by atoms with Gasteiger partial charge in [0.1, 0.15) is 6.10 Å². The number of nitrogens with zero attached hydrogens (tertiary/aromatic N) is 1. The van der Waals surface area contributed by atoms with Crippen LogP contribution < -0.4 is 0 Å². The van der Waals surface area contributed by atoms with Crippen molar-refractivity contribution in [3.63, 3.8) is 0 Å². The molecular formula is C35H59NO5. The van der Waals surface area contributed by atoms with E-state index in [0.717, 1.165) is 38.8 Å².